The van der Waals surface area contributed by atoms with Crippen molar-refractivity contribution in [2.24, 2.45) is 0 Å². The first-order valence-corrected chi connectivity index (χ1v) is 8.10. The van der Waals surface area contributed by atoms with Crippen LogP contribution in [0.15, 0.2) is 42.7 Å². The fraction of sp³-hybridized carbons (Fsp3) is 0.278. The fourth-order valence-corrected chi connectivity index (χ4v) is 3.00. The zero-order valence-corrected chi connectivity index (χ0v) is 13.6. The van der Waals surface area contributed by atoms with Crippen molar-refractivity contribution >= 4 is 11.8 Å². The predicted molar refractivity (Wildman–Crippen MR) is 88.6 cm³/mol. The number of hydrogen-bond donors (Lipinski definition) is 0. The summed E-state index contributed by atoms with van der Waals surface area (Å²) < 4.78 is 10.6. The normalized spacial score (nSPS) is 16.0. The molecule has 0 atom stereocenters. The molecule has 1 aromatic heterocycles. The number of amides is 2. The van der Waals surface area contributed by atoms with Crippen LogP contribution in [0.1, 0.15) is 20.7 Å². The van der Waals surface area contributed by atoms with Crippen LogP contribution in [0.25, 0.3) is 0 Å². The van der Waals surface area contributed by atoms with Crippen LogP contribution in [0, 0.1) is 0 Å². The molecule has 1 fully saturated rings. The number of nitrogens with zero attached hydrogens (tertiary/aromatic N) is 3. The van der Waals surface area contributed by atoms with Crippen molar-refractivity contribution in [3.8, 4) is 11.5 Å². The van der Waals surface area contributed by atoms with Crippen molar-refractivity contribution in [3.63, 3.8) is 0 Å². The van der Waals surface area contributed by atoms with E-state index in [1.165, 1.54) is 0 Å². The minimum atomic E-state index is -0.0608. The van der Waals surface area contributed by atoms with E-state index < -0.39 is 0 Å². The van der Waals surface area contributed by atoms with E-state index in [4.69, 9.17) is 9.47 Å². The van der Waals surface area contributed by atoms with Gasteiger partial charge in [-0.15, -0.1) is 0 Å². The smallest absolute Gasteiger partial charge is 0.254 e. The van der Waals surface area contributed by atoms with Gasteiger partial charge in [0.25, 0.3) is 11.8 Å². The number of carbonyl (C=O) groups is 2. The fourth-order valence-electron chi connectivity index (χ4n) is 3.00. The summed E-state index contributed by atoms with van der Waals surface area (Å²) in [5, 5.41) is 0. The Morgan fingerprint density at radius 1 is 0.800 bits per heavy atom. The molecule has 1 saturated heterocycles. The highest BCUT2D eigenvalue weighted by Crippen LogP contribution is 2.32. The second-order valence-electron chi connectivity index (χ2n) is 5.89. The van der Waals surface area contributed by atoms with Gasteiger partial charge < -0.3 is 19.3 Å². The lowest BCUT2D eigenvalue weighted by molar-refractivity contribution is 0.0535. The molecule has 0 unspecified atom stereocenters. The molecule has 2 aliphatic heterocycles. The number of piperazine rings is 1. The molecule has 0 bridgehead atoms. The summed E-state index contributed by atoms with van der Waals surface area (Å²) in [7, 11) is 0. The Morgan fingerprint density at radius 3 is 2.08 bits per heavy atom. The van der Waals surface area contributed by atoms with Gasteiger partial charge in [0.05, 0.1) is 0 Å². The number of benzene rings is 1. The minimum absolute atomic E-state index is 0.0300. The number of rotatable bonds is 2. The molecule has 2 aliphatic rings. The summed E-state index contributed by atoms with van der Waals surface area (Å²) in [5.41, 5.74) is 1.18. The molecular formula is C18H17N3O4. The topological polar surface area (TPSA) is 72.0 Å². The van der Waals surface area contributed by atoms with Crippen molar-refractivity contribution < 1.29 is 19.1 Å². The van der Waals surface area contributed by atoms with Crippen LogP contribution >= 0.6 is 0 Å². The van der Waals surface area contributed by atoms with Crippen molar-refractivity contribution in [2.75, 3.05) is 33.0 Å². The monoisotopic (exact) mass is 339 g/mol. The zero-order chi connectivity index (χ0) is 17.2. The maximum absolute atomic E-state index is 12.7. The Hall–Kier alpha value is -3.09. The Labute approximate surface area is 144 Å². The first kappa shape index (κ1) is 15.4. The molecule has 2 aromatic rings. The standard InChI is InChI=1S/C18H17N3O4/c22-17(13-3-5-19-6-4-13)20-7-9-21(10-8-20)18(23)14-1-2-15-16(11-14)25-12-24-15/h1-6,11H,7-10,12H2. The summed E-state index contributed by atoms with van der Waals surface area (Å²) in [6.45, 7) is 2.21. The molecule has 3 heterocycles. The third-order valence-electron chi connectivity index (χ3n) is 4.40. The van der Waals surface area contributed by atoms with Gasteiger partial charge in [-0.3, -0.25) is 14.6 Å². The Bertz CT molecular complexity index is 801. The number of aromatic nitrogens is 1. The van der Waals surface area contributed by atoms with E-state index in [1.54, 1.807) is 52.5 Å². The molecule has 128 valence electrons. The average Bonchev–Trinajstić information content (AvgIpc) is 3.15. The maximum Gasteiger partial charge on any atom is 0.254 e. The number of ether oxygens (including phenoxy) is 2. The molecule has 7 heteroatoms. The molecule has 0 saturated carbocycles. The zero-order valence-electron chi connectivity index (χ0n) is 13.6. The van der Waals surface area contributed by atoms with Crippen molar-refractivity contribution in [1.29, 1.82) is 0 Å². The molecule has 1 aromatic carbocycles. The molecule has 7 nitrogen and oxygen atoms in total. The first-order chi connectivity index (χ1) is 12.2. The summed E-state index contributed by atoms with van der Waals surface area (Å²) in [6, 6.07) is 8.60. The number of carbonyl (C=O) groups excluding carboxylic acids is 2. The van der Waals surface area contributed by atoms with E-state index in [0.717, 1.165) is 0 Å². The minimum Gasteiger partial charge on any atom is -0.454 e. The van der Waals surface area contributed by atoms with Gasteiger partial charge >= 0.3 is 0 Å². The molecule has 0 spiro atoms. The highest BCUT2D eigenvalue weighted by atomic mass is 16.7. The van der Waals surface area contributed by atoms with Crippen LogP contribution in [0.4, 0.5) is 0 Å². The molecular weight excluding hydrogens is 322 g/mol. The van der Waals surface area contributed by atoms with Crippen molar-refractivity contribution in [3.05, 3.63) is 53.9 Å². The van der Waals surface area contributed by atoms with Crippen LogP contribution < -0.4 is 9.47 Å². The summed E-state index contributed by atoms with van der Waals surface area (Å²) >= 11 is 0. The van der Waals surface area contributed by atoms with Gasteiger partial charge in [-0.05, 0) is 30.3 Å². The molecule has 4 rings (SSSR count). The van der Waals surface area contributed by atoms with Gasteiger partial charge in [0.2, 0.25) is 6.79 Å². The van der Waals surface area contributed by atoms with Gasteiger partial charge in [0, 0.05) is 49.7 Å². The lowest BCUT2D eigenvalue weighted by atomic mass is 10.1. The molecule has 25 heavy (non-hydrogen) atoms. The molecule has 0 radical (unpaired) electrons. The summed E-state index contributed by atoms with van der Waals surface area (Å²) in [6.07, 6.45) is 3.21. The number of pyridine rings is 1. The van der Waals surface area contributed by atoms with Gasteiger partial charge in [0.15, 0.2) is 11.5 Å². The predicted octanol–water partition coefficient (Wildman–Crippen LogP) is 1.41. The van der Waals surface area contributed by atoms with E-state index in [-0.39, 0.29) is 18.6 Å². The quantitative estimate of drug-likeness (QED) is 0.827. The first-order valence-electron chi connectivity index (χ1n) is 8.10. The van der Waals surface area contributed by atoms with Crippen molar-refractivity contribution in [2.45, 2.75) is 0 Å². The highest BCUT2D eigenvalue weighted by molar-refractivity contribution is 5.96. The van der Waals surface area contributed by atoms with Gasteiger partial charge in [0.1, 0.15) is 0 Å². The van der Waals surface area contributed by atoms with Crippen LogP contribution in [-0.4, -0.2) is 59.6 Å². The van der Waals surface area contributed by atoms with Crippen LogP contribution in [0.2, 0.25) is 0 Å². The largest absolute Gasteiger partial charge is 0.454 e. The summed E-state index contributed by atoms with van der Waals surface area (Å²) in [4.78, 5) is 32.5. The maximum atomic E-state index is 12.7. The third-order valence-corrected chi connectivity index (χ3v) is 4.40. The lowest BCUT2D eigenvalue weighted by Crippen LogP contribution is -2.50. The second kappa shape index (κ2) is 6.43. The van der Waals surface area contributed by atoms with Gasteiger partial charge in [-0.1, -0.05) is 0 Å². The van der Waals surface area contributed by atoms with E-state index in [9.17, 15) is 9.59 Å². The number of fused-ring (bicyclic) bond motifs is 1. The van der Waals surface area contributed by atoms with E-state index in [1.807, 2.05) is 0 Å². The van der Waals surface area contributed by atoms with E-state index in [0.29, 0.717) is 48.8 Å². The second-order valence-corrected chi connectivity index (χ2v) is 5.89. The van der Waals surface area contributed by atoms with Crippen LogP contribution in [-0.2, 0) is 0 Å². The van der Waals surface area contributed by atoms with Gasteiger partial charge in [-0.2, -0.15) is 0 Å². The van der Waals surface area contributed by atoms with Gasteiger partial charge in [-0.25, -0.2) is 0 Å². The molecule has 2 amide bonds. The van der Waals surface area contributed by atoms with Crippen molar-refractivity contribution in [1.82, 2.24) is 14.8 Å². The Balaban J connectivity index is 1.40. The third kappa shape index (κ3) is 3.00. The lowest BCUT2D eigenvalue weighted by Gasteiger charge is -2.34. The average molecular weight is 339 g/mol. The van der Waals surface area contributed by atoms with Crippen LogP contribution in [0.3, 0.4) is 0 Å². The molecule has 0 aliphatic carbocycles. The highest BCUT2D eigenvalue weighted by Gasteiger charge is 2.26. The Kier molecular flexibility index (Phi) is 3.97. The van der Waals surface area contributed by atoms with E-state index >= 15 is 0 Å². The number of hydrogen-bond acceptors (Lipinski definition) is 5. The Morgan fingerprint density at radius 2 is 1.40 bits per heavy atom. The molecule has 0 N–H and O–H groups in total. The SMILES string of the molecule is O=C(c1ccncc1)N1CCN(C(=O)c2ccc3c(c2)OCO3)CC1. The summed E-state index contributed by atoms with van der Waals surface area (Å²) in [5.74, 6) is 1.16. The van der Waals surface area contributed by atoms with Crippen LogP contribution in [0.5, 0.6) is 11.5 Å². The van der Waals surface area contributed by atoms with E-state index in [2.05, 4.69) is 4.98 Å².